The van der Waals surface area contributed by atoms with Gasteiger partial charge in [0.2, 0.25) is 15.9 Å². The highest BCUT2D eigenvalue weighted by Crippen LogP contribution is 2.34. The molecule has 232 valence electrons. The van der Waals surface area contributed by atoms with E-state index in [4.69, 9.17) is 4.74 Å². The molecule has 0 spiro atoms. The van der Waals surface area contributed by atoms with Crippen LogP contribution in [0.15, 0.2) is 53.4 Å². The van der Waals surface area contributed by atoms with Crippen molar-refractivity contribution in [1.82, 2.24) is 15.4 Å². The Morgan fingerprint density at radius 1 is 0.930 bits per heavy atom. The highest BCUT2D eigenvalue weighted by Gasteiger charge is 2.30. The fourth-order valence-electron chi connectivity index (χ4n) is 5.78. The molecule has 2 unspecified atom stereocenters. The molecule has 0 radical (unpaired) electrons. The lowest BCUT2D eigenvalue weighted by Gasteiger charge is -2.28. The number of fused-ring (bicyclic) bond motifs is 1. The van der Waals surface area contributed by atoms with Crippen molar-refractivity contribution >= 4 is 15.9 Å². The van der Waals surface area contributed by atoms with Crippen LogP contribution >= 0.6 is 0 Å². The molecule has 4 rings (SSSR count). The van der Waals surface area contributed by atoms with Crippen LogP contribution in [-0.4, -0.2) is 27.5 Å². The summed E-state index contributed by atoms with van der Waals surface area (Å²) >= 11 is 0. The molecule has 3 aromatic carbocycles. The second-order valence-electron chi connectivity index (χ2n) is 12.2. The Balaban J connectivity index is 1.52. The third kappa shape index (κ3) is 7.85. The first-order chi connectivity index (χ1) is 20.4. The van der Waals surface area contributed by atoms with Crippen molar-refractivity contribution < 1.29 is 17.9 Å². The molecule has 1 heterocycles. The number of amides is 1. The zero-order valence-electron chi connectivity index (χ0n) is 26.6. The van der Waals surface area contributed by atoms with E-state index in [2.05, 4.69) is 35.3 Å². The second kappa shape index (κ2) is 14.1. The van der Waals surface area contributed by atoms with Crippen molar-refractivity contribution in [2.45, 2.75) is 91.3 Å². The van der Waals surface area contributed by atoms with E-state index >= 15 is 0 Å². The highest BCUT2D eigenvalue weighted by molar-refractivity contribution is 7.89. The van der Waals surface area contributed by atoms with E-state index in [0.717, 1.165) is 69.8 Å². The Bertz CT molecular complexity index is 1520. The van der Waals surface area contributed by atoms with Gasteiger partial charge in [-0.1, -0.05) is 56.3 Å². The molecule has 0 saturated heterocycles. The normalized spacial score (nSPS) is 15.6. The first-order valence-electron chi connectivity index (χ1n) is 15.3. The van der Waals surface area contributed by atoms with Gasteiger partial charge in [0.15, 0.2) is 0 Å². The zero-order chi connectivity index (χ0) is 31.3. The van der Waals surface area contributed by atoms with Crippen molar-refractivity contribution in [2.75, 3.05) is 13.2 Å². The first kappa shape index (κ1) is 32.7. The number of benzene rings is 3. The Labute approximate surface area is 257 Å². The molecule has 0 bridgehead atoms. The monoisotopic (exact) mass is 605 g/mol. The lowest BCUT2D eigenvalue weighted by atomic mass is 9.95. The third-order valence-electron chi connectivity index (χ3n) is 8.77. The predicted octanol–water partition coefficient (Wildman–Crippen LogP) is 6.41. The summed E-state index contributed by atoms with van der Waals surface area (Å²) in [6.07, 6.45) is 1.74. The Morgan fingerprint density at radius 3 is 2.23 bits per heavy atom. The average Bonchev–Trinajstić information content (AvgIpc) is 2.97. The molecule has 1 amide bonds. The van der Waals surface area contributed by atoms with Crippen molar-refractivity contribution in [3.05, 3.63) is 93.0 Å². The summed E-state index contributed by atoms with van der Waals surface area (Å²) < 4.78 is 36.7. The van der Waals surface area contributed by atoms with Gasteiger partial charge in [-0.15, -0.1) is 0 Å². The van der Waals surface area contributed by atoms with E-state index in [-0.39, 0.29) is 18.4 Å². The van der Waals surface area contributed by atoms with Gasteiger partial charge < -0.3 is 15.4 Å². The molecule has 3 N–H and O–H groups in total. The summed E-state index contributed by atoms with van der Waals surface area (Å²) in [5, 5.41) is 6.65. The van der Waals surface area contributed by atoms with Gasteiger partial charge in [-0.05, 0) is 98.5 Å². The van der Waals surface area contributed by atoms with E-state index in [9.17, 15) is 13.2 Å². The minimum Gasteiger partial charge on any atom is -0.493 e. The average molecular weight is 606 g/mol. The van der Waals surface area contributed by atoms with Crippen LogP contribution in [0, 0.1) is 40.5 Å². The summed E-state index contributed by atoms with van der Waals surface area (Å²) in [6, 6.07) is 14.5. The summed E-state index contributed by atoms with van der Waals surface area (Å²) in [7, 11) is -3.93. The number of nitrogens with one attached hydrogen (secondary N) is 3. The molecule has 0 saturated carbocycles. The molecule has 0 aromatic heterocycles. The quantitative estimate of drug-likeness (QED) is 0.207. The number of hydrogen-bond donors (Lipinski definition) is 3. The molecule has 0 fully saturated rings. The van der Waals surface area contributed by atoms with E-state index in [0.29, 0.717) is 23.8 Å². The second-order valence-corrected chi connectivity index (χ2v) is 13.9. The van der Waals surface area contributed by atoms with Gasteiger partial charge in [0, 0.05) is 24.9 Å². The van der Waals surface area contributed by atoms with Crippen LogP contribution in [0.2, 0.25) is 0 Å². The van der Waals surface area contributed by atoms with Crippen molar-refractivity contribution in [3.8, 4) is 5.75 Å². The lowest BCUT2D eigenvalue weighted by molar-refractivity contribution is -0.122. The SMILES string of the molecule is Cc1c(C)c(C)c(S(=O)(=O)NC(CC(=O)NC2CCOc3cc(CNCCC(C)C)ccc32)c2ccccc2)c(C)c1C. The maximum absolute atomic E-state index is 13.9. The molecule has 3 aromatic rings. The Kier molecular flexibility index (Phi) is 10.7. The number of hydrogen-bond acceptors (Lipinski definition) is 5. The van der Waals surface area contributed by atoms with Crippen LogP contribution in [0.1, 0.15) is 89.7 Å². The van der Waals surface area contributed by atoms with Crippen LogP contribution in [0.4, 0.5) is 0 Å². The standard InChI is InChI=1S/C35H47N3O4S/c1-22(2)15-17-36-21-28-13-14-30-31(16-18-42-33(30)19-28)37-34(39)20-32(29-11-9-8-10-12-29)38-43(40,41)35-26(6)24(4)23(3)25(5)27(35)7/h8-14,19,22,31-32,36,38H,15-18,20-21H2,1-7H3,(H,37,39). The number of ether oxygens (including phenoxy) is 1. The van der Waals surface area contributed by atoms with E-state index < -0.39 is 16.1 Å². The van der Waals surface area contributed by atoms with Crippen molar-refractivity contribution in [3.63, 3.8) is 0 Å². The van der Waals surface area contributed by atoms with Crippen LogP contribution in [0.3, 0.4) is 0 Å². The Morgan fingerprint density at radius 2 is 1.58 bits per heavy atom. The van der Waals surface area contributed by atoms with Crippen LogP contribution < -0.4 is 20.1 Å². The molecular formula is C35H47N3O4S. The summed E-state index contributed by atoms with van der Waals surface area (Å²) in [4.78, 5) is 13.8. The molecule has 1 aliphatic rings. The molecule has 8 heteroatoms. The van der Waals surface area contributed by atoms with Gasteiger partial charge >= 0.3 is 0 Å². The van der Waals surface area contributed by atoms with E-state index in [1.165, 1.54) is 0 Å². The predicted molar refractivity (Wildman–Crippen MR) is 173 cm³/mol. The number of rotatable bonds is 12. The zero-order valence-corrected chi connectivity index (χ0v) is 27.5. The molecule has 0 aliphatic carbocycles. The van der Waals surface area contributed by atoms with Gasteiger partial charge in [0.05, 0.1) is 23.6 Å². The minimum absolute atomic E-state index is 0.0320. The molecule has 2 atom stereocenters. The molecule has 7 nitrogen and oxygen atoms in total. The van der Waals surface area contributed by atoms with Crippen LogP contribution in [0.25, 0.3) is 0 Å². The highest BCUT2D eigenvalue weighted by atomic mass is 32.2. The third-order valence-corrected chi connectivity index (χ3v) is 10.5. The lowest BCUT2D eigenvalue weighted by Crippen LogP contribution is -2.37. The molecule has 43 heavy (non-hydrogen) atoms. The van der Waals surface area contributed by atoms with Crippen LogP contribution in [0.5, 0.6) is 5.75 Å². The molecular weight excluding hydrogens is 558 g/mol. The van der Waals surface area contributed by atoms with Gasteiger partial charge in [-0.3, -0.25) is 4.79 Å². The largest absolute Gasteiger partial charge is 0.493 e. The summed E-state index contributed by atoms with van der Waals surface area (Å²) in [5.41, 5.74) is 7.31. The van der Waals surface area contributed by atoms with Crippen molar-refractivity contribution in [2.24, 2.45) is 5.92 Å². The minimum atomic E-state index is -3.93. The Hall–Kier alpha value is -3.20. The number of carbonyl (C=O) groups excluding carboxylic acids is 1. The van der Waals surface area contributed by atoms with E-state index in [1.807, 2.05) is 77.1 Å². The van der Waals surface area contributed by atoms with Gasteiger partial charge in [-0.25, -0.2) is 13.1 Å². The van der Waals surface area contributed by atoms with Gasteiger partial charge in [-0.2, -0.15) is 0 Å². The fourth-order valence-corrected chi connectivity index (χ4v) is 7.61. The maximum Gasteiger partial charge on any atom is 0.241 e. The summed E-state index contributed by atoms with van der Waals surface area (Å²) in [6.45, 7) is 16.3. The van der Waals surface area contributed by atoms with Crippen molar-refractivity contribution in [1.29, 1.82) is 0 Å². The number of carbonyl (C=O) groups is 1. The van der Waals surface area contributed by atoms with Gasteiger partial charge in [0.25, 0.3) is 0 Å². The summed E-state index contributed by atoms with van der Waals surface area (Å²) in [5.74, 6) is 1.22. The maximum atomic E-state index is 13.9. The number of sulfonamides is 1. The van der Waals surface area contributed by atoms with Crippen LogP contribution in [-0.2, 0) is 21.4 Å². The topological polar surface area (TPSA) is 96.5 Å². The smallest absolute Gasteiger partial charge is 0.241 e. The molecule has 1 aliphatic heterocycles. The van der Waals surface area contributed by atoms with Gasteiger partial charge in [0.1, 0.15) is 5.75 Å². The van der Waals surface area contributed by atoms with E-state index in [1.54, 1.807) is 0 Å². The fraction of sp³-hybridized carbons (Fsp3) is 0.457. The first-order valence-corrected chi connectivity index (χ1v) is 16.8.